The Hall–Kier alpha value is -2.24. The Morgan fingerprint density at radius 1 is 1.05 bits per heavy atom. The van der Waals surface area contributed by atoms with Gasteiger partial charge in [0.15, 0.2) is 13.2 Å². The maximum Gasteiger partial charge on any atom is 0.341 e. The highest BCUT2D eigenvalue weighted by molar-refractivity contribution is 5.78. The van der Waals surface area contributed by atoms with Crippen LogP contribution in [-0.2, 0) is 9.59 Å². The van der Waals surface area contributed by atoms with E-state index < -0.39 is 12.6 Å². The molecule has 0 atom stereocenters. The largest absolute Gasteiger partial charge is 0.484 e. The quantitative estimate of drug-likeness (QED) is 0.824. The van der Waals surface area contributed by atoms with Gasteiger partial charge >= 0.3 is 5.97 Å². The highest BCUT2D eigenvalue weighted by Crippen LogP contribution is 2.17. The van der Waals surface area contributed by atoms with E-state index >= 15 is 0 Å². The van der Waals surface area contributed by atoms with Crippen molar-refractivity contribution in [3.63, 3.8) is 0 Å². The lowest BCUT2D eigenvalue weighted by Gasteiger charge is -2.20. The molecule has 0 spiro atoms. The van der Waals surface area contributed by atoms with Crippen LogP contribution in [-0.4, -0.2) is 35.7 Å². The summed E-state index contributed by atoms with van der Waals surface area (Å²) in [7, 11) is 0. The van der Waals surface area contributed by atoms with Crippen LogP contribution in [0.2, 0.25) is 0 Å². The molecule has 1 rings (SSSR count). The zero-order chi connectivity index (χ0) is 15.2. The van der Waals surface area contributed by atoms with E-state index in [1.807, 2.05) is 20.8 Å². The van der Waals surface area contributed by atoms with E-state index in [0.29, 0.717) is 11.5 Å². The van der Waals surface area contributed by atoms with Gasteiger partial charge in [-0.1, -0.05) is 0 Å². The van der Waals surface area contributed by atoms with Gasteiger partial charge in [0.05, 0.1) is 0 Å². The van der Waals surface area contributed by atoms with Crippen LogP contribution in [0.3, 0.4) is 0 Å². The molecule has 2 N–H and O–H groups in total. The van der Waals surface area contributed by atoms with Crippen molar-refractivity contribution >= 4 is 11.9 Å². The van der Waals surface area contributed by atoms with Gasteiger partial charge in [0.25, 0.3) is 5.91 Å². The van der Waals surface area contributed by atoms with Crippen LogP contribution >= 0.6 is 0 Å². The van der Waals surface area contributed by atoms with Crippen LogP contribution < -0.4 is 14.8 Å². The molecule has 0 radical (unpaired) electrons. The summed E-state index contributed by atoms with van der Waals surface area (Å²) in [5.74, 6) is -0.302. The van der Waals surface area contributed by atoms with Gasteiger partial charge in [0.1, 0.15) is 11.5 Å². The third-order valence-electron chi connectivity index (χ3n) is 2.07. The molecule has 110 valence electrons. The van der Waals surface area contributed by atoms with Gasteiger partial charge in [0, 0.05) is 5.54 Å². The van der Waals surface area contributed by atoms with E-state index in [2.05, 4.69) is 5.32 Å². The van der Waals surface area contributed by atoms with Crippen molar-refractivity contribution < 1.29 is 24.2 Å². The summed E-state index contributed by atoms with van der Waals surface area (Å²) in [6.45, 7) is 5.19. The highest BCUT2D eigenvalue weighted by Gasteiger charge is 2.13. The maximum absolute atomic E-state index is 11.6. The van der Waals surface area contributed by atoms with Crippen molar-refractivity contribution in [1.82, 2.24) is 5.32 Å². The van der Waals surface area contributed by atoms with Crippen LogP contribution in [0, 0.1) is 0 Å². The predicted octanol–water partition coefficient (Wildman–Crippen LogP) is 1.44. The van der Waals surface area contributed by atoms with Crippen molar-refractivity contribution in [3.05, 3.63) is 24.3 Å². The van der Waals surface area contributed by atoms with Crippen LogP contribution in [0.5, 0.6) is 11.5 Å². The molecule has 0 bridgehead atoms. The molecule has 0 aromatic heterocycles. The van der Waals surface area contributed by atoms with E-state index in [1.165, 1.54) is 0 Å². The van der Waals surface area contributed by atoms with Crippen molar-refractivity contribution in [2.24, 2.45) is 0 Å². The summed E-state index contributed by atoms with van der Waals surface area (Å²) in [6.07, 6.45) is 0. The predicted molar refractivity (Wildman–Crippen MR) is 73.0 cm³/mol. The number of carbonyl (C=O) groups excluding carboxylic acids is 1. The smallest absolute Gasteiger partial charge is 0.341 e. The molecule has 1 aromatic rings. The second-order valence-corrected chi connectivity index (χ2v) is 5.24. The van der Waals surface area contributed by atoms with Gasteiger partial charge in [-0.2, -0.15) is 0 Å². The first-order valence-corrected chi connectivity index (χ1v) is 6.15. The van der Waals surface area contributed by atoms with Crippen LogP contribution in [0.15, 0.2) is 24.3 Å². The molecule has 0 aliphatic rings. The Balaban J connectivity index is 2.42. The Morgan fingerprint density at radius 2 is 1.50 bits per heavy atom. The van der Waals surface area contributed by atoms with Gasteiger partial charge in [-0.05, 0) is 45.0 Å². The number of benzene rings is 1. The van der Waals surface area contributed by atoms with Gasteiger partial charge in [-0.3, -0.25) is 4.79 Å². The fraction of sp³-hybridized carbons (Fsp3) is 0.429. The first-order chi connectivity index (χ1) is 9.26. The lowest BCUT2D eigenvalue weighted by Crippen LogP contribution is -2.43. The van der Waals surface area contributed by atoms with E-state index in [0.717, 1.165) is 0 Å². The monoisotopic (exact) mass is 281 g/mol. The second kappa shape index (κ2) is 6.79. The topological polar surface area (TPSA) is 84.9 Å². The number of carboxylic acid groups (broad SMARTS) is 1. The molecular weight excluding hydrogens is 262 g/mol. The molecule has 6 heteroatoms. The zero-order valence-electron chi connectivity index (χ0n) is 11.8. The Bertz CT molecular complexity index is 461. The minimum absolute atomic E-state index is 0.0768. The standard InChI is InChI=1S/C14H19NO5/c1-14(2,3)15-12(16)8-19-10-4-6-11(7-5-10)20-9-13(17)18/h4-7H,8-9H2,1-3H3,(H,15,16)(H,17,18). The van der Waals surface area contributed by atoms with Gasteiger partial charge in [0.2, 0.25) is 0 Å². The summed E-state index contributed by atoms with van der Waals surface area (Å²) < 4.78 is 10.3. The molecule has 0 aliphatic heterocycles. The number of carboxylic acids is 1. The van der Waals surface area contributed by atoms with Crippen molar-refractivity contribution in [1.29, 1.82) is 0 Å². The molecule has 0 saturated heterocycles. The van der Waals surface area contributed by atoms with Crippen LogP contribution in [0.25, 0.3) is 0 Å². The molecule has 1 amide bonds. The number of hydrogen-bond acceptors (Lipinski definition) is 4. The molecule has 20 heavy (non-hydrogen) atoms. The van der Waals surface area contributed by atoms with Gasteiger partial charge < -0.3 is 19.9 Å². The van der Waals surface area contributed by atoms with Crippen molar-refractivity contribution in [3.8, 4) is 11.5 Å². The highest BCUT2D eigenvalue weighted by atomic mass is 16.5. The molecule has 0 aliphatic carbocycles. The average molecular weight is 281 g/mol. The van der Waals surface area contributed by atoms with E-state index in [1.54, 1.807) is 24.3 Å². The van der Waals surface area contributed by atoms with Crippen LogP contribution in [0.1, 0.15) is 20.8 Å². The second-order valence-electron chi connectivity index (χ2n) is 5.24. The summed E-state index contributed by atoms with van der Waals surface area (Å²) in [4.78, 5) is 21.9. The number of ether oxygens (including phenoxy) is 2. The number of hydrogen-bond donors (Lipinski definition) is 2. The van der Waals surface area contributed by atoms with E-state index in [9.17, 15) is 9.59 Å². The maximum atomic E-state index is 11.6. The summed E-state index contributed by atoms with van der Waals surface area (Å²) in [6, 6.07) is 6.39. The Morgan fingerprint density at radius 3 is 1.90 bits per heavy atom. The Kier molecular flexibility index (Phi) is 5.37. The zero-order valence-corrected chi connectivity index (χ0v) is 11.8. The molecule has 0 fully saturated rings. The third-order valence-corrected chi connectivity index (χ3v) is 2.07. The summed E-state index contributed by atoms with van der Waals surface area (Å²) >= 11 is 0. The average Bonchev–Trinajstić information content (AvgIpc) is 2.33. The molecule has 0 heterocycles. The Labute approximate surface area is 117 Å². The lowest BCUT2D eigenvalue weighted by atomic mass is 10.1. The van der Waals surface area contributed by atoms with E-state index in [4.69, 9.17) is 14.6 Å². The minimum Gasteiger partial charge on any atom is -0.484 e. The number of rotatable bonds is 6. The first kappa shape index (κ1) is 15.8. The molecular formula is C14H19NO5. The fourth-order valence-corrected chi connectivity index (χ4v) is 1.38. The van der Waals surface area contributed by atoms with Crippen molar-refractivity contribution in [2.75, 3.05) is 13.2 Å². The molecule has 0 saturated carbocycles. The molecule has 1 aromatic carbocycles. The SMILES string of the molecule is CC(C)(C)NC(=O)COc1ccc(OCC(=O)O)cc1. The normalized spacial score (nSPS) is 10.8. The van der Waals surface area contributed by atoms with Crippen LogP contribution in [0.4, 0.5) is 0 Å². The number of nitrogens with one attached hydrogen (secondary N) is 1. The number of carbonyl (C=O) groups is 2. The lowest BCUT2D eigenvalue weighted by molar-refractivity contribution is -0.139. The molecule has 6 nitrogen and oxygen atoms in total. The minimum atomic E-state index is -1.04. The summed E-state index contributed by atoms with van der Waals surface area (Å²) in [5.41, 5.74) is -0.297. The fourth-order valence-electron chi connectivity index (χ4n) is 1.38. The first-order valence-electron chi connectivity index (χ1n) is 6.15. The van der Waals surface area contributed by atoms with Crippen molar-refractivity contribution in [2.45, 2.75) is 26.3 Å². The third kappa shape index (κ3) is 6.63. The summed E-state index contributed by atoms with van der Waals surface area (Å²) in [5, 5.41) is 11.3. The van der Waals surface area contributed by atoms with Gasteiger partial charge in [-0.25, -0.2) is 4.79 Å². The van der Waals surface area contributed by atoms with Gasteiger partial charge in [-0.15, -0.1) is 0 Å². The number of aliphatic carboxylic acids is 1. The molecule has 0 unspecified atom stereocenters. The van der Waals surface area contributed by atoms with E-state index in [-0.39, 0.29) is 18.1 Å². The number of amides is 1.